The molecule has 0 N–H and O–H groups in total. The van der Waals surface area contributed by atoms with Gasteiger partial charge in [0.15, 0.2) is 21.3 Å². The largest absolute Gasteiger partial charge is 0.490 e. The summed E-state index contributed by atoms with van der Waals surface area (Å²) >= 11 is 6.02. The first-order valence-electron chi connectivity index (χ1n) is 10.4. The van der Waals surface area contributed by atoms with Crippen molar-refractivity contribution in [2.45, 2.75) is 45.1 Å². The second-order valence-electron chi connectivity index (χ2n) is 7.21. The maximum Gasteiger partial charge on any atom is 0.254 e. The molecule has 31 heavy (non-hydrogen) atoms. The van der Waals surface area contributed by atoms with Crippen LogP contribution in [0.4, 0.5) is 0 Å². The van der Waals surface area contributed by atoms with Crippen LogP contribution < -0.4 is 9.47 Å². The van der Waals surface area contributed by atoms with Crippen LogP contribution in [0.15, 0.2) is 41.3 Å². The topological polar surface area (TPSA) is 72.9 Å². The predicted octanol–water partition coefficient (Wildman–Crippen LogP) is 4.98. The van der Waals surface area contributed by atoms with E-state index in [1.165, 1.54) is 12.1 Å². The fourth-order valence-corrected chi connectivity index (χ4v) is 4.40. The summed E-state index contributed by atoms with van der Waals surface area (Å²) < 4.78 is 35.4. The van der Waals surface area contributed by atoms with E-state index in [1.807, 2.05) is 39.0 Å². The Morgan fingerprint density at radius 3 is 2.35 bits per heavy atom. The number of hydrogen-bond donors (Lipinski definition) is 0. The number of nitrogens with zero attached hydrogens (tertiary/aromatic N) is 1. The van der Waals surface area contributed by atoms with E-state index in [0.29, 0.717) is 37.8 Å². The van der Waals surface area contributed by atoms with Crippen molar-refractivity contribution in [2.24, 2.45) is 0 Å². The second-order valence-corrected chi connectivity index (χ2v) is 9.60. The van der Waals surface area contributed by atoms with Crippen molar-refractivity contribution < 1.29 is 22.7 Å². The first-order valence-corrected chi connectivity index (χ1v) is 12.7. The molecule has 0 bridgehead atoms. The Bertz CT molecular complexity index is 1010. The van der Waals surface area contributed by atoms with Gasteiger partial charge in [-0.1, -0.05) is 31.5 Å². The smallest absolute Gasteiger partial charge is 0.254 e. The van der Waals surface area contributed by atoms with Crippen LogP contribution in [0.2, 0.25) is 5.02 Å². The van der Waals surface area contributed by atoms with Gasteiger partial charge in [-0.05, 0) is 55.7 Å². The summed E-state index contributed by atoms with van der Waals surface area (Å²) in [7, 11) is -3.54. The molecule has 170 valence electrons. The van der Waals surface area contributed by atoms with Gasteiger partial charge in [0, 0.05) is 24.9 Å². The minimum absolute atomic E-state index is 0.0486. The Kier molecular flexibility index (Phi) is 9.19. The molecule has 0 unspecified atom stereocenters. The number of sulfone groups is 1. The zero-order valence-corrected chi connectivity index (χ0v) is 20.1. The predicted molar refractivity (Wildman–Crippen MR) is 123 cm³/mol. The molecule has 8 heteroatoms. The zero-order valence-electron chi connectivity index (χ0n) is 18.5. The first-order chi connectivity index (χ1) is 14.7. The highest BCUT2D eigenvalue weighted by Gasteiger charge is 2.20. The molecule has 0 saturated carbocycles. The van der Waals surface area contributed by atoms with Gasteiger partial charge in [-0.3, -0.25) is 4.79 Å². The molecule has 0 aliphatic rings. The number of hydrogen-bond acceptors (Lipinski definition) is 5. The van der Waals surface area contributed by atoms with Crippen LogP contribution in [-0.4, -0.2) is 45.2 Å². The Hall–Kier alpha value is -2.25. The van der Waals surface area contributed by atoms with Crippen molar-refractivity contribution in [1.29, 1.82) is 0 Å². The van der Waals surface area contributed by atoms with E-state index < -0.39 is 9.84 Å². The van der Waals surface area contributed by atoms with Crippen LogP contribution in [0, 0.1) is 0 Å². The van der Waals surface area contributed by atoms with Crippen LogP contribution in [0.3, 0.4) is 0 Å². The van der Waals surface area contributed by atoms with Gasteiger partial charge in [0.25, 0.3) is 5.91 Å². The molecule has 0 atom stereocenters. The van der Waals surface area contributed by atoms with Crippen molar-refractivity contribution in [3.63, 3.8) is 0 Å². The molecule has 0 aliphatic carbocycles. The molecule has 0 fully saturated rings. The van der Waals surface area contributed by atoms with Gasteiger partial charge >= 0.3 is 0 Å². The molecule has 0 spiro atoms. The number of amides is 1. The molecule has 2 rings (SSSR count). The molecule has 6 nitrogen and oxygen atoms in total. The molecule has 0 aromatic heterocycles. The second kappa shape index (κ2) is 11.4. The first kappa shape index (κ1) is 25.0. The highest BCUT2D eigenvalue weighted by molar-refractivity contribution is 7.90. The lowest BCUT2D eigenvalue weighted by atomic mass is 10.1. The monoisotopic (exact) mass is 467 g/mol. The third-order valence-corrected chi connectivity index (χ3v) is 6.08. The van der Waals surface area contributed by atoms with E-state index in [9.17, 15) is 13.2 Å². The molecular weight excluding hydrogens is 438 g/mol. The van der Waals surface area contributed by atoms with Gasteiger partial charge < -0.3 is 14.4 Å². The van der Waals surface area contributed by atoms with Gasteiger partial charge in [-0.25, -0.2) is 8.42 Å². The Morgan fingerprint density at radius 2 is 1.74 bits per heavy atom. The van der Waals surface area contributed by atoms with Crippen LogP contribution in [-0.2, 0) is 16.4 Å². The Morgan fingerprint density at radius 1 is 1.00 bits per heavy atom. The highest BCUT2D eigenvalue weighted by Crippen LogP contribution is 2.30. The number of benzene rings is 2. The summed E-state index contributed by atoms with van der Waals surface area (Å²) in [6, 6.07) is 9.99. The summed E-state index contributed by atoms with van der Waals surface area (Å²) in [5, 5.41) is 0.102. The molecule has 2 aromatic carbocycles. The number of carbonyl (C=O) groups excluding carboxylic acids is 1. The van der Waals surface area contributed by atoms with Crippen molar-refractivity contribution >= 4 is 27.3 Å². The molecule has 1 amide bonds. The lowest BCUT2D eigenvalue weighted by molar-refractivity contribution is 0.0742. The van der Waals surface area contributed by atoms with E-state index in [4.69, 9.17) is 21.1 Å². The number of carbonyl (C=O) groups is 1. The summed E-state index contributed by atoms with van der Waals surface area (Å²) in [6.07, 6.45) is 2.72. The Balaban J connectivity index is 2.32. The Labute approximate surface area is 190 Å². The van der Waals surface area contributed by atoms with E-state index in [-0.39, 0.29) is 21.4 Å². The summed E-state index contributed by atoms with van der Waals surface area (Å²) in [5.74, 6) is 1.06. The van der Waals surface area contributed by atoms with Crippen LogP contribution in [0.1, 0.15) is 49.5 Å². The van der Waals surface area contributed by atoms with Gasteiger partial charge in [-0.15, -0.1) is 0 Å². The molecule has 0 radical (unpaired) electrons. The van der Waals surface area contributed by atoms with E-state index in [1.54, 1.807) is 11.0 Å². The van der Waals surface area contributed by atoms with Gasteiger partial charge in [0.2, 0.25) is 0 Å². The highest BCUT2D eigenvalue weighted by atomic mass is 35.5. The normalized spacial score (nSPS) is 11.3. The lowest BCUT2D eigenvalue weighted by Crippen LogP contribution is -2.31. The number of halogens is 1. The fourth-order valence-electron chi connectivity index (χ4n) is 3.10. The fraction of sp³-hybridized carbons (Fsp3) is 0.435. The van der Waals surface area contributed by atoms with Crippen LogP contribution in [0.25, 0.3) is 0 Å². The molecule has 0 heterocycles. The third kappa shape index (κ3) is 6.87. The van der Waals surface area contributed by atoms with E-state index in [0.717, 1.165) is 24.7 Å². The zero-order chi connectivity index (χ0) is 23.0. The molecule has 0 aliphatic heterocycles. The quantitative estimate of drug-likeness (QED) is 0.465. The maximum absolute atomic E-state index is 13.2. The van der Waals surface area contributed by atoms with Crippen molar-refractivity contribution in [3.05, 3.63) is 52.5 Å². The van der Waals surface area contributed by atoms with Crippen molar-refractivity contribution in [3.8, 4) is 11.5 Å². The summed E-state index contributed by atoms with van der Waals surface area (Å²) in [5.41, 5.74) is 1.18. The maximum atomic E-state index is 13.2. The molecule has 2 aromatic rings. The van der Waals surface area contributed by atoms with Crippen molar-refractivity contribution in [1.82, 2.24) is 4.90 Å². The van der Waals surface area contributed by atoms with Crippen LogP contribution >= 0.6 is 11.6 Å². The standard InChI is InChI=1S/C23H30ClNO5S/c1-5-12-25(23(26)18-9-10-19(24)22(15-18)31(4,27)28)16-17-8-11-20(30-13-6-2)21(14-17)29-7-3/h8-11,14-15H,5-7,12-13,16H2,1-4H3. The average Bonchev–Trinajstić information content (AvgIpc) is 2.72. The van der Waals surface area contributed by atoms with Crippen molar-refractivity contribution in [2.75, 3.05) is 26.0 Å². The number of ether oxygens (including phenoxy) is 2. The van der Waals surface area contributed by atoms with Crippen LogP contribution in [0.5, 0.6) is 11.5 Å². The van der Waals surface area contributed by atoms with Gasteiger partial charge in [0.1, 0.15) is 0 Å². The molecule has 0 saturated heterocycles. The van der Waals surface area contributed by atoms with Gasteiger partial charge in [-0.2, -0.15) is 0 Å². The number of rotatable bonds is 11. The third-order valence-electron chi connectivity index (χ3n) is 4.50. The minimum atomic E-state index is -3.54. The van der Waals surface area contributed by atoms with E-state index in [2.05, 4.69) is 0 Å². The molecular formula is C23H30ClNO5S. The van der Waals surface area contributed by atoms with Gasteiger partial charge in [0.05, 0.1) is 23.1 Å². The SMILES string of the molecule is CCCOc1ccc(CN(CCC)C(=O)c2ccc(Cl)c(S(C)(=O)=O)c2)cc1OCC. The summed E-state index contributed by atoms with van der Waals surface area (Å²) in [6.45, 7) is 7.91. The lowest BCUT2D eigenvalue weighted by Gasteiger charge is -2.23. The minimum Gasteiger partial charge on any atom is -0.490 e. The average molecular weight is 468 g/mol. The van der Waals surface area contributed by atoms with E-state index >= 15 is 0 Å². The summed E-state index contributed by atoms with van der Waals surface area (Å²) in [4.78, 5) is 14.8.